The van der Waals surface area contributed by atoms with Gasteiger partial charge in [0.25, 0.3) is 0 Å². The van der Waals surface area contributed by atoms with Crippen LogP contribution in [0.5, 0.6) is 0 Å². The Hall–Kier alpha value is -0.750. The minimum Gasteiger partial charge on any atom is -0.394 e. The van der Waals surface area contributed by atoms with Gasteiger partial charge in [-0.25, -0.2) is 4.57 Å². The number of phosphoric ester groups is 1. The van der Waals surface area contributed by atoms with Crippen molar-refractivity contribution >= 4 is 7.82 Å². The summed E-state index contributed by atoms with van der Waals surface area (Å²) in [5.74, 6) is 0. The van der Waals surface area contributed by atoms with Crippen molar-refractivity contribution in [1.82, 2.24) is 0 Å². The van der Waals surface area contributed by atoms with Crippen LogP contribution in [0.1, 0.15) is 5.56 Å². The first-order chi connectivity index (χ1) is 8.07. The van der Waals surface area contributed by atoms with E-state index in [0.717, 1.165) is 5.56 Å². The molecule has 17 heavy (non-hydrogen) atoms. The van der Waals surface area contributed by atoms with E-state index >= 15 is 0 Å². The van der Waals surface area contributed by atoms with Crippen LogP contribution in [0.15, 0.2) is 30.3 Å². The molecule has 1 aromatic rings. The Morgan fingerprint density at radius 3 is 2.29 bits per heavy atom. The summed E-state index contributed by atoms with van der Waals surface area (Å²) in [5, 5.41) is 17.4. The standard InChI is InChI=1S/C10H15O6P/c11-6-10(7-12)16-17(13,14)15-8-9-4-2-1-3-5-9/h1-5,10-12H,6-8H2,(H,13,14). The highest BCUT2D eigenvalue weighted by atomic mass is 31.2. The largest absolute Gasteiger partial charge is 0.472 e. The quantitative estimate of drug-likeness (QED) is 0.625. The van der Waals surface area contributed by atoms with Crippen molar-refractivity contribution in [3.8, 4) is 0 Å². The first kappa shape index (κ1) is 14.3. The van der Waals surface area contributed by atoms with Crippen LogP contribution in [-0.4, -0.2) is 34.4 Å². The lowest BCUT2D eigenvalue weighted by molar-refractivity contribution is 0.0278. The van der Waals surface area contributed by atoms with Gasteiger partial charge in [0.2, 0.25) is 0 Å². The third kappa shape index (κ3) is 5.41. The smallest absolute Gasteiger partial charge is 0.394 e. The summed E-state index contributed by atoms with van der Waals surface area (Å²) in [6.45, 7) is -1.20. The summed E-state index contributed by atoms with van der Waals surface area (Å²) in [7, 11) is -4.27. The Labute approximate surface area is 99.1 Å². The molecule has 3 N–H and O–H groups in total. The molecule has 7 heteroatoms. The summed E-state index contributed by atoms with van der Waals surface area (Å²) in [5.41, 5.74) is 0.718. The molecule has 0 amide bonds. The normalized spacial score (nSPS) is 14.8. The Balaban J connectivity index is 2.47. The van der Waals surface area contributed by atoms with Gasteiger partial charge in [-0.3, -0.25) is 9.05 Å². The van der Waals surface area contributed by atoms with Gasteiger partial charge in [0.15, 0.2) is 0 Å². The van der Waals surface area contributed by atoms with Gasteiger partial charge in [0.1, 0.15) is 6.10 Å². The molecule has 0 spiro atoms. The van der Waals surface area contributed by atoms with Gasteiger partial charge in [-0.2, -0.15) is 0 Å². The molecule has 96 valence electrons. The van der Waals surface area contributed by atoms with Crippen molar-refractivity contribution in [2.75, 3.05) is 13.2 Å². The zero-order valence-electron chi connectivity index (χ0n) is 9.10. The van der Waals surface area contributed by atoms with E-state index in [-0.39, 0.29) is 6.61 Å². The van der Waals surface area contributed by atoms with Crippen molar-refractivity contribution in [3.05, 3.63) is 35.9 Å². The molecule has 0 saturated carbocycles. The SMILES string of the molecule is O=P(O)(OCc1ccccc1)OC(CO)CO. The minimum absolute atomic E-state index is 0.0851. The highest BCUT2D eigenvalue weighted by Crippen LogP contribution is 2.45. The van der Waals surface area contributed by atoms with Crippen LogP contribution in [0, 0.1) is 0 Å². The van der Waals surface area contributed by atoms with Gasteiger partial charge in [-0.15, -0.1) is 0 Å². The number of hydrogen-bond donors (Lipinski definition) is 3. The van der Waals surface area contributed by atoms with E-state index in [0.29, 0.717) is 0 Å². The Bertz CT molecular complexity index is 364. The predicted octanol–water partition coefficient (Wildman–Crippen LogP) is 0.673. The fourth-order valence-electron chi connectivity index (χ4n) is 1.07. The van der Waals surface area contributed by atoms with Crippen molar-refractivity contribution in [2.45, 2.75) is 12.7 Å². The van der Waals surface area contributed by atoms with E-state index in [1.54, 1.807) is 24.3 Å². The van der Waals surface area contributed by atoms with Crippen LogP contribution in [0.25, 0.3) is 0 Å². The molecule has 0 saturated heterocycles. The summed E-state index contributed by atoms with van der Waals surface area (Å²) >= 11 is 0. The molecule has 0 aliphatic carbocycles. The maximum atomic E-state index is 11.4. The third-order valence-corrected chi connectivity index (χ3v) is 2.95. The average Bonchev–Trinajstić information content (AvgIpc) is 2.35. The first-order valence-corrected chi connectivity index (χ1v) is 6.48. The lowest BCUT2D eigenvalue weighted by Gasteiger charge is -2.17. The molecule has 0 aromatic heterocycles. The molecule has 0 heterocycles. The molecule has 0 radical (unpaired) electrons. The Morgan fingerprint density at radius 1 is 1.18 bits per heavy atom. The zero-order chi connectivity index (χ0) is 12.7. The summed E-state index contributed by atoms with van der Waals surface area (Å²) in [4.78, 5) is 9.30. The molecule has 0 aliphatic heterocycles. The second-order valence-electron chi connectivity index (χ2n) is 3.32. The second kappa shape index (κ2) is 6.86. The topological polar surface area (TPSA) is 96.2 Å². The average molecular weight is 262 g/mol. The number of phosphoric acid groups is 1. The molecule has 0 fully saturated rings. The van der Waals surface area contributed by atoms with Gasteiger partial charge in [-0.1, -0.05) is 30.3 Å². The molecule has 6 nitrogen and oxygen atoms in total. The Kier molecular flexibility index (Phi) is 5.77. The lowest BCUT2D eigenvalue weighted by Crippen LogP contribution is -2.21. The molecule has 1 unspecified atom stereocenters. The fourth-order valence-corrected chi connectivity index (χ4v) is 1.96. The van der Waals surface area contributed by atoms with Crippen LogP contribution in [0.2, 0.25) is 0 Å². The van der Waals surface area contributed by atoms with Crippen LogP contribution in [-0.2, 0) is 20.2 Å². The monoisotopic (exact) mass is 262 g/mol. The first-order valence-electron chi connectivity index (χ1n) is 4.99. The van der Waals surface area contributed by atoms with Gasteiger partial charge in [0.05, 0.1) is 19.8 Å². The van der Waals surface area contributed by atoms with Crippen LogP contribution in [0.3, 0.4) is 0 Å². The van der Waals surface area contributed by atoms with Crippen molar-refractivity contribution < 1.29 is 28.7 Å². The van der Waals surface area contributed by atoms with Crippen LogP contribution in [0.4, 0.5) is 0 Å². The molecule has 1 aromatic carbocycles. The Morgan fingerprint density at radius 2 is 1.76 bits per heavy atom. The molecular weight excluding hydrogens is 247 g/mol. The predicted molar refractivity (Wildman–Crippen MR) is 60.1 cm³/mol. The lowest BCUT2D eigenvalue weighted by atomic mass is 10.2. The number of aliphatic hydroxyl groups is 2. The molecule has 0 aliphatic rings. The van der Waals surface area contributed by atoms with Crippen LogP contribution < -0.4 is 0 Å². The van der Waals surface area contributed by atoms with E-state index in [2.05, 4.69) is 4.52 Å². The molecule has 1 rings (SSSR count). The zero-order valence-corrected chi connectivity index (χ0v) is 9.99. The van der Waals surface area contributed by atoms with Gasteiger partial charge >= 0.3 is 7.82 Å². The van der Waals surface area contributed by atoms with Crippen molar-refractivity contribution in [3.63, 3.8) is 0 Å². The third-order valence-electron chi connectivity index (χ3n) is 1.93. The fraction of sp³-hybridized carbons (Fsp3) is 0.400. The van der Waals surface area contributed by atoms with Crippen molar-refractivity contribution in [1.29, 1.82) is 0 Å². The maximum Gasteiger partial charge on any atom is 0.472 e. The highest BCUT2D eigenvalue weighted by molar-refractivity contribution is 7.47. The van der Waals surface area contributed by atoms with Gasteiger partial charge < -0.3 is 15.1 Å². The van der Waals surface area contributed by atoms with Crippen molar-refractivity contribution in [2.24, 2.45) is 0 Å². The van der Waals surface area contributed by atoms with E-state index in [4.69, 9.17) is 14.7 Å². The van der Waals surface area contributed by atoms with E-state index < -0.39 is 27.1 Å². The minimum atomic E-state index is -4.27. The van der Waals surface area contributed by atoms with Gasteiger partial charge in [0, 0.05) is 0 Å². The summed E-state index contributed by atoms with van der Waals surface area (Å²) in [6, 6.07) is 8.81. The number of aliphatic hydroxyl groups excluding tert-OH is 2. The molecular formula is C10H15O6P. The van der Waals surface area contributed by atoms with E-state index in [9.17, 15) is 9.46 Å². The number of rotatable bonds is 7. The molecule has 1 atom stereocenters. The second-order valence-corrected chi connectivity index (χ2v) is 4.73. The van der Waals surface area contributed by atoms with E-state index in [1.165, 1.54) is 0 Å². The van der Waals surface area contributed by atoms with Crippen LogP contribution >= 0.6 is 7.82 Å². The summed E-state index contributed by atoms with van der Waals surface area (Å²) < 4.78 is 20.7. The summed E-state index contributed by atoms with van der Waals surface area (Å²) in [6.07, 6.45) is -1.12. The highest BCUT2D eigenvalue weighted by Gasteiger charge is 2.25. The van der Waals surface area contributed by atoms with Gasteiger partial charge in [-0.05, 0) is 5.56 Å². The van der Waals surface area contributed by atoms with E-state index in [1.807, 2.05) is 6.07 Å². The number of benzene rings is 1. The maximum absolute atomic E-state index is 11.4. The number of hydrogen-bond acceptors (Lipinski definition) is 5. The molecule has 0 bridgehead atoms.